The molecule has 2 aromatic heterocycles. The third-order valence-electron chi connectivity index (χ3n) is 3.06. The molecule has 0 spiro atoms. The van der Waals surface area contributed by atoms with Crippen LogP contribution >= 0.6 is 11.6 Å². The number of nitrogens with two attached hydrogens (primary N) is 1. The first kappa shape index (κ1) is 15.3. The average molecular weight is 340 g/mol. The smallest absolute Gasteiger partial charge is 0.383 e. The van der Waals surface area contributed by atoms with E-state index < -0.39 is 11.9 Å². The summed E-state index contributed by atoms with van der Waals surface area (Å²) in [5.74, 6) is -0.249. The van der Waals surface area contributed by atoms with Gasteiger partial charge in [0.05, 0.1) is 5.56 Å². The minimum atomic E-state index is -4.68. The number of benzene rings is 1. The predicted octanol–water partition coefficient (Wildman–Crippen LogP) is 3.58. The number of anilines is 1. The van der Waals surface area contributed by atoms with Crippen molar-refractivity contribution in [2.75, 3.05) is 5.73 Å². The molecule has 0 saturated carbocycles. The van der Waals surface area contributed by atoms with Crippen LogP contribution in [0.2, 0.25) is 5.02 Å². The van der Waals surface area contributed by atoms with Crippen LogP contribution in [-0.2, 0) is 6.18 Å². The number of rotatable bonds is 2. The van der Waals surface area contributed by atoms with E-state index in [1.165, 1.54) is 42.7 Å². The average Bonchev–Trinajstić information content (AvgIpc) is 2.87. The van der Waals surface area contributed by atoms with Crippen LogP contribution in [0, 0.1) is 0 Å². The van der Waals surface area contributed by atoms with Crippen molar-refractivity contribution < 1.29 is 13.2 Å². The molecule has 23 heavy (non-hydrogen) atoms. The zero-order valence-corrected chi connectivity index (χ0v) is 12.2. The summed E-state index contributed by atoms with van der Waals surface area (Å²) in [4.78, 5) is 7.75. The Balaban J connectivity index is 2.25. The van der Waals surface area contributed by atoms with Gasteiger partial charge in [-0.2, -0.15) is 23.0 Å². The highest BCUT2D eigenvalue weighted by molar-refractivity contribution is 6.30. The number of nitrogen functional groups attached to an aromatic ring is 1. The summed E-state index contributed by atoms with van der Waals surface area (Å²) in [6.45, 7) is 0. The number of halogens is 4. The summed E-state index contributed by atoms with van der Waals surface area (Å²) < 4.78 is 40.8. The fourth-order valence-electron chi connectivity index (χ4n) is 2.08. The van der Waals surface area contributed by atoms with Crippen molar-refractivity contribution in [2.45, 2.75) is 6.18 Å². The Morgan fingerprint density at radius 1 is 1.04 bits per heavy atom. The van der Waals surface area contributed by atoms with Crippen LogP contribution in [0.4, 0.5) is 19.0 Å². The van der Waals surface area contributed by atoms with Crippen molar-refractivity contribution in [1.82, 2.24) is 19.7 Å². The second-order valence-corrected chi connectivity index (χ2v) is 5.01. The van der Waals surface area contributed by atoms with Crippen molar-refractivity contribution >= 4 is 17.4 Å². The molecule has 5 nitrogen and oxygen atoms in total. The molecule has 0 bridgehead atoms. The minimum Gasteiger partial charge on any atom is -0.383 e. The van der Waals surface area contributed by atoms with Gasteiger partial charge in [-0.15, -0.1) is 0 Å². The Labute approximate surface area is 133 Å². The van der Waals surface area contributed by atoms with E-state index in [2.05, 4.69) is 15.1 Å². The van der Waals surface area contributed by atoms with Gasteiger partial charge < -0.3 is 5.73 Å². The van der Waals surface area contributed by atoms with Gasteiger partial charge in [0, 0.05) is 17.4 Å². The second-order valence-electron chi connectivity index (χ2n) is 4.57. The van der Waals surface area contributed by atoms with Crippen molar-refractivity contribution in [2.24, 2.45) is 0 Å². The summed E-state index contributed by atoms with van der Waals surface area (Å²) >= 11 is 5.78. The number of aromatic nitrogens is 4. The monoisotopic (exact) mass is 339 g/mol. The Morgan fingerprint density at radius 2 is 1.65 bits per heavy atom. The number of hydrogen-bond donors (Lipinski definition) is 1. The molecule has 0 radical (unpaired) electrons. The van der Waals surface area contributed by atoms with Crippen LogP contribution < -0.4 is 5.73 Å². The third-order valence-corrected chi connectivity index (χ3v) is 3.32. The molecule has 0 amide bonds. The lowest BCUT2D eigenvalue weighted by Crippen LogP contribution is -2.09. The van der Waals surface area contributed by atoms with Gasteiger partial charge in [0.15, 0.2) is 5.69 Å². The van der Waals surface area contributed by atoms with E-state index in [9.17, 15) is 13.2 Å². The van der Waals surface area contributed by atoms with E-state index in [-0.39, 0.29) is 22.9 Å². The summed E-state index contributed by atoms with van der Waals surface area (Å²) in [5, 5.41) is 3.96. The first-order chi connectivity index (χ1) is 10.9. The van der Waals surface area contributed by atoms with Gasteiger partial charge in [0.25, 0.3) is 5.95 Å². The molecule has 0 fully saturated rings. The highest BCUT2D eigenvalue weighted by Crippen LogP contribution is 2.40. The Morgan fingerprint density at radius 3 is 2.22 bits per heavy atom. The summed E-state index contributed by atoms with van der Waals surface area (Å²) in [5.41, 5.74) is 4.80. The normalized spacial score (nSPS) is 11.7. The molecule has 0 unspecified atom stereocenters. The highest BCUT2D eigenvalue weighted by Gasteiger charge is 2.39. The third kappa shape index (κ3) is 2.85. The van der Waals surface area contributed by atoms with Gasteiger partial charge >= 0.3 is 6.18 Å². The van der Waals surface area contributed by atoms with Crippen molar-refractivity contribution in [3.63, 3.8) is 0 Å². The standard InChI is InChI=1S/C14H9ClF3N5/c15-9-4-2-8(3-5-9)10-11(14(16,17)18)22-23(12(10)19)13-20-6-1-7-21-13/h1-7H,19H2. The first-order valence-corrected chi connectivity index (χ1v) is 6.75. The molecule has 0 atom stereocenters. The Bertz CT molecular complexity index is 828. The molecule has 9 heteroatoms. The zero-order valence-electron chi connectivity index (χ0n) is 11.4. The molecule has 0 aliphatic rings. The van der Waals surface area contributed by atoms with Gasteiger partial charge in [-0.1, -0.05) is 23.7 Å². The van der Waals surface area contributed by atoms with Crippen LogP contribution in [0.3, 0.4) is 0 Å². The van der Waals surface area contributed by atoms with E-state index in [1.807, 2.05) is 0 Å². The lowest BCUT2D eigenvalue weighted by molar-refractivity contribution is -0.140. The SMILES string of the molecule is Nc1c(-c2ccc(Cl)cc2)c(C(F)(F)F)nn1-c1ncccn1. The second kappa shape index (κ2) is 5.54. The molecule has 0 aliphatic carbocycles. The lowest BCUT2D eigenvalue weighted by atomic mass is 10.1. The van der Waals surface area contributed by atoms with E-state index in [0.29, 0.717) is 5.02 Å². The molecular weight excluding hydrogens is 331 g/mol. The highest BCUT2D eigenvalue weighted by atomic mass is 35.5. The van der Waals surface area contributed by atoms with E-state index >= 15 is 0 Å². The quantitative estimate of drug-likeness (QED) is 0.774. The van der Waals surface area contributed by atoms with Gasteiger partial charge in [-0.25, -0.2) is 9.97 Å². The molecule has 2 N–H and O–H groups in total. The molecular formula is C14H9ClF3N5. The molecule has 3 aromatic rings. The minimum absolute atomic E-state index is 0.0456. The van der Waals surface area contributed by atoms with Crippen LogP contribution in [-0.4, -0.2) is 19.7 Å². The van der Waals surface area contributed by atoms with Crippen molar-refractivity contribution in [3.8, 4) is 17.1 Å². The maximum atomic E-state index is 13.3. The van der Waals surface area contributed by atoms with Crippen LogP contribution in [0.15, 0.2) is 42.7 Å². The fourth-order valence-corrected chi connectivity index (χ4v) is 2.21. The summed E-state index contributed by atoms with van der Waals surface area (Å²) in [6, 6.07) is 7.38. The maximum Gasteiger partial charge on any atom is 0.435 e. The summed E-state index contributed by atoms with van der Waals surface area (Å²) in [6.07, 6.45) is -1.90. The number of alkyl halides is 3. The molecule has 118 valence electrons. The number of nitrogens with zero attached hydrogens (tertiary/aromatic N) is 4. The molecule has 1 aromatic carbocycles. The molecule has 0 saturated heterocycles. The van der Waals surface area contributed by atoms with Gasteiger partial charge in [0.1, 0.15) is 5.82 Å². The molecule has 3 rings (SSSR count). The van der Waals surface area contributed by atoms with E-state index in [4.69, 9.17) is 17.3 Å². The fraction of sp³-hybridized carbons (Fsp3) is 0.0714. The van der Waals surface area contributed by atoms with E-state index in [0.717, 1.165) is 4.68 Å². The van der Waals surface area contributed by atoms with Gasteiger partial charge in [0.2, 0.25) is 0 Å². The van der Waals surface area contributed by atoms with Crippen molar-refractivity contribution in [1.29, 1.82) is 0 Å². The first-order valence-electron chi connectivity index (χ1n) is 6.37. The van der Waals surface area contributed by atoms with Crippen LogP contribution in [0.5, 0.6) is 0 Å². The topological polar surface area (TPSA) is 69.6 Å². The van der Waals surface area contributed by atoms with Gasteiger partial charge in [-0.3, -0.25) is 0 Å². The molecule has 0 aliphatic heterocycles. The van der Waals surface area contributed by atoms with Crippen LogP contribution in [0.1, 0.15) is 5.69 Å². The Hall–Kier alpha value is -2.61. The molecule has 2 heterocycles. The number of hydrogen-bond acceptors (Lipinski definition) is 4. The van der Waals surface area contributed by atoms with Crippen molar-refractivity contribution in [3.05, 3.63) is 53.4 Å². The van der Waals surface area contributed by atoms with E-state index in [1.54, 1.807) is 0 Å². The largest absolute Gasteiger partial charge is 0.435 e. The maximum absolute atomic E-state index is 13.3. The van der Waals surface area contributed by atoms with Crippen LogP contribution in [0.25, 0.3) is 17.1 Å². The van der Waals surface area contributed by atoms with Gasteiger partial charge in [-0.05, 0) is 23.8 Å². The summed E-state index contributed by atoms with van der Waals surface area (Å²) in [7, 11) is 0. The lowest BCUT2D eigenvalue weighted by Gasteiger charge is -2.07. The predicted molar refractivity (Wildman–Crippen MR) is 79.0 cm³/mol. The zero-order chi connectivity index (χ0) is 16.6. The Kier molecular flexibility index (Phi) is 3.69.